The van der Waals surface area contributed by atoms with Crippen LogP contribution in [0.4, 0.5) is 0 Å². The van der Waals surface area contributed by atoms with Crippen molar-refractivity contribution < 1.29 is 4.79 Å². The summed E-state index contributed by atoms with van der Waals surface area (Å²) >= 11 is 1.42. The number of benzene rings is 2. The molecule has 0 bridgehead atoms. The van der Waals surface area contributed by atoms with Crippen LogP contribution in [-0.4, -0.2) is 31.2 Å². The molecule has 0 aliphatic rings. The van der Waals surface area contributed by atoms with Crippen molar-refractivity contribution in [3.63, 3.8) is 0 Å². The maximum atomic E-state index is 12.5. The van der Waals surface area contributed by atoms with Crippen molar-refractivity contribution in [2.24, 2.45) is 0 Å². The number of imidazole rings is 2. The van der Waals surface area contributed by atoms with Gasteiger partial charge in [-0.3, -0.25) is 9.36 Å². The van der Waals surface area contributed by atoms with Gasteiger partial charge in [-0.05, 0) is 50.1 Å². The van der Waals surface area contributed by atoms with Crippen molar-refractivity contribution in [1.82, 2.24) is 24.8 Å². The van der Waals surface area contributed by atoms with Gasteiger partial charge in [0, 0.05) is 12.4 Å². The van der Waals surface area contributed by atoms with E-state index < -0.39 is 0 Å². The number of nitrogens with zero attached hydrogens (tertiary/aromatic N) is 3. The van der Waals surface area contributed by atoms with Crippen molar-refractivity contribution in [1.29, 1.82) is 0 Å². The molecule has 0 spiro atoms. The molecule has 1 atom stereocenters. The van der Waals surface area contributed by atoms with Crippen molar-refractivity contribution in [2.75, 3.05) is 5.75 Å². The quantitative estimate of drug-likeness (QED) is 0.468. The molecule has 0 saturated carbocycles. The summed E-state index contributed by atoms with van der Waals surface area (Å²) in [7, 11) is 0. The fourth-order valence-electron chi connectivity index (χ4n) is 3.22. The number of thioether (sulfide) groups is 1. The van der Waals surface area contributed by atoms with E-state index in [9.17, 15) is 4.79 Å². The third-order valence-electron chi connectivity index (χ3n) is 4.76. The van der Waals surface area contributed by atoms with Gasteiger partial charge in [-0.1, -0.05) is 36.0 Å². The molecule has 2 aromatic heterocycles. The molecule has 0 saturated heterocycles. The highest BCUT2D eigenvalue weighted by Crippen LogP contribution is 2.24. The summed E-state index contributed by atoms with van der Waals surface area (Å²) in [6.45, 7) is 6.07. The Morgan fingerprint density at radius 2 is 2.07 bits per heavy atom. The minimum Gasteiger partial charge on any atom is -0.346 e. The van der Waals surface area contributed by atoms with E-state index in [-0.39, 0.29) is 17.7 Å². The van der Waals surface area contributed by atoms with E-state index in [0.29, 0.717) is 0 Å². The molecule has 7 heteroatoms. The van der Waals surface area contributed by atoms with Crippen LogP contribution >= 0.6 is 11.8 Å². The lowest BCUT2D eigenvalue weighted by molar-refractivity contribution is -0.119. The van der Waals surface area contributed by atoms with E-state index in [1.54, 1.807) is 6.20 Å². The molecule has 29 heavy (non-hydrogen) atoms. The van der Waals surface area contributed by atoms with E-state index in [1.807, 2.05) is 42.0 Å². The van der Waals surface area contributed by atoms with Crippen molar-refractivity contribution in [3.05, 3.63) is 71.8 Å². The Morgan fingerprint density at radius 3 is 2.90 bits per heavy atom. The maximum absolute atomic E-state index is 12.5. The molecule has 2 N–H and O–H groups in total. The zero-order chi connectivity index (χ0) is 20.4. The first-order valence-electron chi connectivity index (χ1n) is 9.49. The third kappa shape index (κ3) is 4.19. The topological polar surface area (TPSA) is 75.6 Å². The van der Waals surface area contributed by atoms with Gasteiger partial charge >= 0.3 is 0 Å². The second kappa shape index (κ2) is 8.13. The van der Waals surface area contributed by atoms with Crippen LogP contribution < -0.4 is 5.32 Å². The van der Waals surface area contributed by atoms with Crippen LogP contribution in [0.2, 0.25) is 0 Å². The molecule has 4 rings (SSSR count). The summed E-state index contributed by atoms with van der Waals surface area (Å²) in [5.41, 5.74) is 5.30. The third-order valence-corrected chi connectivity index (χ3v) is 5.73. The van der Waals surface area contributed by atoms with Crippen LogP contribution in [0.1, 0.15) is 29.9 Å². The largest absolute Gasteiger partial charge is 0.346 e. The van der Waals surface area contributed by atoms with Gasteiger partial charge in [0.2, 0.25) is 5.91 Å². The second-order valence-electron chi connectivity index (χ2n) is 7.09. The Morgan fingerprint density at radius 1 is 1.24 bits per heavy atom. The van der Waals surface area contributed by atoms with E-state index in [0.717, 1.165) is 27.7 Å². The lowest BCUT2D eigenvalue weighted by Gasteiger charge is -2.13. The standard InChI is InChI=1S/C22H23N5OS/c1-14-8-9-15(2)19(12-14)27-11-10-23-22(27)29-13-20(28)24-16(3)21-25-17-6-4-5-7-18(17)26-21/h4-12,16H,13H2,1-3H3,(H,24,28)(H,25,26). The summed E-state index contributed by atoms with van der Waals surface area (Å²) in [6, 6.07) is 14.0. The Balaban J connectivity index is 1.41. The van der Waals surface area contributed by atoms with Gasteiger partial charge in [-0.2, -0.15) is 0 Å². The van der Waals surface area contributed by atoms with E-state index in [4.69, 9.17) is 0 Å². The fraction of sp³-hybridized carbons (Fsp3) is 0.227. The van der Waals surface area contributed by atoms with Crippen LogP contribution in [-0.2, 0) is 4.79 Å². The predicted molar refractivity (Wildman–Crippen MR) is 116 cm³/mol. The van der Waals surface area contributed by atoms with Crippen LogP contribution in [0, 0.1) is 13.8 Å². The average molecular weight is 406 g/mol. The number of carbonyl (C=O) groups is 1. The minimum atomic E-state index is -0.200. The summed E-state index contributed by atoms with van der Waals surface area (Å²) in [5, 5.41) is 3.81. The summed E-state index contributed by atoms with van der Waals surface area (Å²) in [4.78, 5) is 24.7. The number of aromatic nitrogens is 4. The summed E-state index contributed by atoms with van der Waals surface area (Å²) in [6.07, 6.45) is 3.69. The summed E-state index contributed by atoms with van der Waals surface area (Å²) in [5.74, 6) is 0.979. The zero-order valence-corrected chi connectivity index (χ0v) is 17.5. The number of para-hydroxylation sites is 2. The molecule has 2 heterocycles. The molecule has 0 fully saturated rings. The zero-order valence-electron chi connectivity index (χ0n) is 16.6. The molecule has 2 aromatic carbocycles. The first-order valence-corrected chi connectivity index (χ1v) is 10.5. The number of carbonyl (C=O) groups excluding carboxylic acids is 1. The van der Waals surface area contributed by atoms with Gasteiger partial charge in [0.25, 0.3) is 0 Å². The number of H-pyrrole nitrogens is 1. The van der Waals surface area contributed by atoms with E-state index >= 15 is 0 Å². The van der Waals surface area contributed by atoms with Crippen LogP contribution in [0.15, 0.2) is 60.0 Å². The molecule has 1 unspecified atom stereocenters. The molecule has 148 valence electrons. The number of amides is 1. The van der Waals surface area contributed by atoms with Gasteiger partial charge in [-0.25, -0.2) is 9.97 Å². The Hall–Kier alpha value is -3.06. The lowest BCUT2D eigenvalue weighted by Crippen LogP contribution is -2.29. The molecule has 6 nitrogen and oxygen atoms in total. The van der Waals surface area contributed by atoms with Crippen LogP contribution in [0.25, 0.3) is 16.7 Å². The predicted octanol–water partition coefficient (Wildman–Crippen LogP) is 4.33. The molecular formula is C22H23N5OS. The normalized spacial score (nSPS) is 12.2. The molecule has 4 aromatic rings. The smallest absolute Gasteiger partial charge is 0.231 e. The maximum Gasteiger partial charge on any atom is 0.231 e. The van der Waals surface area contributed by atoms with Crippen molar-refractivity contribution >= 4 is 28.7 Å². The highest BCUT2D eigenvalue weighted by Gasteiger charge is 2.15. The van der Waals surface area contributed by atoms with Gasteiger partial charge in [0.05, 0.1) is 28.5 Å². The number of aromatic amines is 1. The Labute approximate surface area is 173 Å². The highest BCUT2D eigenvalue weighted by molar-refractivity contribution is 7.99. The van der Waals surface area contributed by atoms with Crippen LogP contribution in [0.5, 0.6) is 0 Å². The number of fused-ring (bicyclic) bond motifs is 1. The average Bonchev–Trinajstić information content (AvgIpc) is 3.35. The number of hydrogen-bond acceptors (Lipinski definition) is 4. The van der Waals surface area contributed by atoms with Crippen LogP contribution in [0.3, 0.4) is 0 Å². The molecule has 0 aliphatic heterocycles. The monoisotopic (exact) mass is 405 g/mol. The fourth-order valence-corrected chi connectivity index (χ4v) is 4.00. The summed E-state index contributed by atoms with van der Waals surface area (Å²) < 4.78 is 2.03. The molecular weight excluding hydrogens is 382 g/mol. The molecule has 0 aliphatic carbocycles. The first-order chi connectivity index (χ1) is 14.0. The number of nitrogens with one attached hydrogen (secondary N) is 2. The number of aryl methyl sites for hydroxylation is 2. The first kappa shape index (κ1) is 19.3. The number of hydrogen-bond donors (Lipinski definition) is 2. The molecule has 1 amide bonds. The Bertz CT molecular complexity index is 1130. The van der Waals surface area contributed by atoms with Crippen molar-refractivity contribution in [3.8, 4) is 5.69 Å². The van der Waals surface area contributed by atoms with Gasteiger partial charge in [0.15, 0.2) is 5.16 Å². The van der Waals surface area contributed by atoms with Gasteiger partial charge in [-0.15, -0.1) is 0 Å². The number of rotatable bonds is 6. The minimum absolute atomic E-state index is 0.0570. The molecule has 0 radical (unpaired) electrons. The lowest BCUT2D eigenvalue weighted by atomic mass is 10.1. The van der Waals surface area contributed by atoms with E-state index in [2.05, 4.69) is 52.3 Å². The SMILES string of the molecule is Cc1ccc(C)c(-n2ccnc2SCC(=O)NC(C)c2nc3ccccc3[nH]2)c1. The van der Waals surface area contributed by atoms with Gasteiger partial charge in [0.1, 0.15) is 5.82 Å². The Kier molecular flexibility index (Phi) is 5.40. The van der Waals surface area contributed by atoms with Crippen molar-refractivity contribution in [2.45, 2.75) is 32.0 Å². The van der Waals surface area contributed by atoms with E-state index in [1.165, 1.54) is 22.9 Å². The highest BCUT2D eigenvalue weighted by atomic mass is 32.2. The van der Waals surface area contributed by atoms with Gasteiger partial charge < -0.3 is 10.3 Å². The second-order valence-corrected chi connectivity index (χ2v) is 8.03.